The van der Waals surface area contributed by atoms with Crippen LogP contribution in [-0.4, -0.2) is 56.0 Å². The van der Waals surface area contributed by atoms with Crippen molar-refractivity contribution in [3.05, 3.63) is 36.4 Å². The maximum absolute atomic E-state index is 13.1. The van der Waals surface area contributed by atoms with E-state index in [9.17, 15) is 9.59 Å². The van der Waals surface area contributed by atoms with Crippen molar-refractivity contribution in [2.24, 2.45) is 12.5 Å². The molecule has 1 atom stereocenters. The molecule has 1 saturated carbocycles. The molecule has 1 saturated heterocycles. The number of carbonyl (C=O) groups excluding carboxylic acids is 2. The molecule has 1 aliphatic heterocycles. The number of amides is 1. The number of rotatable bonds is 12. The van der Waals surface area contributed by atoms with Crippen LogP contribution >= 0.6 is 0 Å². The average Bonchev–Trinajstić information content (AvgIpc) is 3.28. The number of Topliss-reactive ketones (excluding diaryl/α,β-unsaturated/α-hetero) is 1. The Morgan fingerprint density at radius 3 is 2.70 bits per heavy atom. The van der Waals surface area contributed by atoms with E-state index in [0.29, 0.717) is 30.6 Å². The SMILES string of the molecule is CCC(=O)CCCCC[C@H](NC(=O)CN1CCC2(CC1)CC2)c1ncc(-c2ccc3nn(C)cc3c2)[nH]1. The third-order valence-corrected chi connectivity index (χ3v) is 8.27. The molecule has 2 aromatic heterocycles. The Morgan fingerprint density at radius 1 is 1.14 bits per heavy atom. The Kier molecular flexibility index (Phi) is 7.74. The molecular formula is C29H40N6O2. The van der Waals surface area contributed by atoms with Gasteiger partial charge in [-0.2, -0.15) is 5.10 Å². The number of carbonyl (C=O) groups is 2. The fraction of sp³-hybridized carbons (Fsp3) is 0.586. The van der Waals surface area contributed by atoms with Crippen LogP contribution in [0.1, 0.15) is 83.0 Å². The number of hydrogen-bond acceptors (Lipinski definition) is 5. The molecule has 3 heterocycles. The highest BCUT2D eigenvalue weighted by molar-refractivity contribution is 5.83. The highest BCUT2D eigenvalue weighted by Crippen LogP contribution is 2.53. The van der Waals surface area contributed by atoms with Crippen molar-refractivity contribution in [1.82, 2.24) is 30.0 Å². The summed E-state index contributed by atoms with van der Waals surface area (Å²) in [5.41, 5.74) is 3.55. The smallest absolute Gasteiger partial charge is 0.234 e. The number of nitrogens with one attached hydrogen (secondary N) is 2. The molecule has 1 spiro atoms. The molecule has 2 aliphatic rings. The minimum Gasteiger partial charge on any atom is -0.345 e. The predicted octanol–water partition coefficient (Wildman–Crippen LogP) is 4.93. The van der Waals surface area contributed by atoms with Gasteiger partial charge >= 0.3 is 0 Å². The Bertz CT molecular complexity index is 1230. The van der Waals surface area contributed by atoms with Crippen molar-refractivity contribution < 1.29 is 9.59 Å². The van der Waals surface area contributed by atoms with Gasteiger partial charge in [0, 0.05) is 37.0 Å². The van der Waals surface area contributed by atoms with E-state index in [1.807, 2.05) is 43.2 Å². The second-order valence-corrected chi connectivity index (χ2v) is 11.1. The van der Waals surface area contributed by atoms with Gasteiger partial charge in [0.05, 0.1) is 30.0 Å². The van der Waals surface area contributed by atoms with Crippen LogP contribution in [0.25, 0.3) is 22.2 Å². The number of aromatic amines is 1. The summed E-state index contributed by atoms with van der Waals surface area (Å²) in [7, 11) is 1.92. The van der Waals surface area contributed by atoms with Crippen LogP contribution in [0.15, 0.2) is 30.6 Å². The Balaban J connectivity index is 1.23. The number of ketones is 1. The largest absolute Gasteiger partial charge is 0.345 e. The average molecular weight is 505 g/mol. The Morgan fingerprint density at radius 2 is 1.95 bits per heavy atom. The molecular weight excluding hydrogens is 464 g/mol. The van der Waals surface area contributed by atoms with Crippen LogP contribution in [0, 0.1) is 5.41 Å². The van der Waals surface area contributed by atoms with Crippen LogP contribution in [0.5, 0.6) is 0 Å². The van der Waals surface area contributed by atoms with E-state index in [-0.39, 0.29) is 11.9 Å². The van der Waals surface area contributed by atoms with Crippen molar-refractivity contribution in [2.75, 3.05) is 19.6 Å². The van der Waals surface area contributed by atoms with Gasteiger partial charge in [-0.05, 0) is 69.2 Å². The van der Waals surface area contributed by atoms with Crippen molar-refractivity contribution in [1.29, 1.82) is 0 Å². The normalized spacial score (nSPS) is 17.8. The van der Waals surface area contributed by atoms with E-state index in [1.165, 1.54) is 25.7 Å². The molecule has 0 unspecified atom stereocenters. The number of H-pyrrole nitrogens is 1. The number of unbranched alkanes of at least 4 members (excludes halogenated alkanes) is 2. The number of nitrogens with zero attached hydrogens (tertiary/aromatic N) is 4. The Hall–Kier alpha value is -3.00. The number of fused-ring (bicyclic) bond motifs is 1. The van der Waals surface area contributed by atoms with Crippen LogP contribution < -0.4 is 5.32 Å². The maximum Gasteiger partial charge on any atom is 0.234 e. The minimum atomic E-state index is -0.176. The lowest BCUT2D eigenvalue weighted by Gasteiger charge is -2.31. The summed E-state index contributed by atoms with van der Waals surface area (Å²) in [5, 5.41) is 8.81. The van der Waals surface area contributed by atoms with Crippen molar-refractivity contribution in [3.8, 4) is 11.3 Å². The van der Waals surface area contributed by atoms with Gasteiger partial charge in [-0.3, -0.25) is 19.2 Å². The van der Waals surface area contributed by atoms with Crippen molar-refractivity contribution >= 4 is 22.6 Å². The first-order chi connectivity index (χ1) is 17.9. The first-order valence-corrected chi connectivity index (χ1v) is 14.0. The van der Waals surface area contributed by atoms with E-state index in [2.05, 4.69) is 31.3 Å². The zero-order valence-electron chi connectivity index (χ0n) is 22.3. The third-order valence-electron chi connectivity index (χ3n) is 8.27. The predicted molar refractivity (Wildman–Crippen MR) is 145 cm³/mol. The zero-order valence-corrected chi connectivity index (χ0v) is 22.3. The van der Waals surface area contributed by atoms with Crippen LogP contribution in [0.4, 0.5) is 0 Å². The summed E-state index contributed by atoms with van der Waals surface area (Å²) >= 11 is 0. The van der Waals surface area contributed by atoms with Gasteiger partial charge in [-0.1, -0.05) is 25.8 Å². The second-order valence-electron chi connectivity index (χ2n) is 11.1. The monoisotopic (exact) mass is 504 g/mol. The molecule has 8 heteroatoms. The molecule has 2 N–H and O–H groups in total. The summed E-state index contributed by atoms with van der Waals surface area (Å²) in [6, 6.07) is 6.01. The molecule has 3 aromatic rings. The molecule has 0 radical (unpaired) electrons. The molecule has 1 amide bonds. The molecule has 2 fully saturated rings. The highest BCUT2D eigenvalue weighted by Gasteiger charge is 2.44. The first kappa shape index (κ1) is 25.6. The van der Waals surface area contributed by atoms with E-state index >= 15 is 0 Å². The second kappa shape index (κ2) is 11.2. The van der Waals surface area contributed by atoms with Gasteiger partial charge in [0.25, 0.3) is 0 Å². The lowest BCUT2D eigenvalue weighted by Crippen LogP contribution is -2.43. The quantitative estimate of drug-likeness (QED) is 0.341. The van der Waals surface area contributed by atoms with E-state index in [0.717, 1.165) is 66.8 Å². The summed E-state index contributed by atoms with van der Waals surface area (Å²) < 4.78 is 1.82. The van der Waals surface area contributed by atoms with E-state index in [4.69, 9.17) is 0 Å². The molecule has 0 bridgehead atoms. The number of benzene rings is 1. The first-order valence-electron chi connectivity index (χ1n) is 14.0. The molecule has 37 heavy (non-hydrogen) atoms. The maximum atomic E-state index is 13.1. The number of hydrogen-bond donors (Lipinski definition) is 2. The third kappa shape index (κ3) is 6.47. The number of imidazole rings is 1. The van der Waals surface area contributed by atoms with Gasteiger partial charge in [0.1, 0.15) is 11.6 Å². The number of piperidine rings is 1. The topological polar surface area (TPSA) is 95.9 Å². The summed E-state index contributed by atoms with van der Waals surface area (Å²) in [6.07, 6.45) is 13.9. The summed E-state index contributed by atoms with van der Waals surface area (Å²) in [5.74, 6) is 1.17. The highest BCUT2D eigenvalue weighted by atomic mass is 16.2. The number of likely N-dealkylation sites (tertiary alicyclic amines) is 1. The molecule has 5 rings (SSSR count). The molecule has 198 valence electrons. The van der Waals surface area contributed by atoms with Gasteiger partial charge in [-0.15, -0.1) is 0 Å². The van der Waals surface area contributed by atoms with Gasteiger partial charge in [-0.25, -0.2) is 4.98 Å². The summed E-state index contributed by atoms with van der Waals surface area (Å²) in [6.45, 7) is 4.40. The number of aromatic nitrogens is 4. The van der Waals surface area contributed by atoms with Gasteiger partial charge in [0.15, 0.2) is 0 Å². The lowest BCUT2D eigenvalue weighted by atomic mass is 9.94. The Labute approximate surface area is 219 Å². The van der Waals surface area contributed by atoms with Crippen molar-refractivity contribution in [2.45, 2.75) is 77.2 Å². The minimum absolute atomic E-state index is 0.0626. The van der Waals surface area contributed by atoms with Crippen LogP contribution in [0.2, 0.25) is 0 Å². The molecule has 1 aromatic carbocycles. The number of aryl methyl sites for hydroxylation is 1. The fourth-order valence-corrected chi connectivity index (χ4v) is 5.58. The van der Waals surface area contributed by atoms with Crippen molar-refractivity contribution in [3.63, 3.8) is 0 Å². The standard InChI is InChI=1S/C29H40N6O2/c1-3-23(36)7-5-4-6-8-25(31-27(37)20-35-15-13-29(11-12-29)14-16-35)28-30-18-26(32-28)21-9-10-24-22(17-21)19-34(2)33-24/h9-10,17-19,25H,3-8,11-16,20H2,1-2H3,(H,30,32)(H,31,37)/t25-/m0/s1. The molecule has 1 aliphatic carbocycles. The fourth-order valence-electron chi connectivity index (χ4n) is 5.58. The van der Waals surface area contributed by atoms with Gasteiger partial charge < -0.3 is 10.3 Å². The van der Waals surface area contributed by atoms with E-state index in [1.54, 1.807) is 0 Å². The van der Waals surface area contributed by atoms with E-state index < -0.39 is 0 Å². The van der Waals surface area contributed by atoms with Crippen LogP contribution in [0.3, 0.4) is 0 Å². The van der Waals surface area contributed by atoms with Gasteiger partial charge in [0.2, 0.25) is 5.91 Å². The van der Waals surface area contributed by atoms with Crippen LogP contribution in [-0.2, 0) is 16.6 Å². The molecule has 8 nitrogen and oxygen atoms in total. The lowest BCUT2D eigenvalue weighted by molar-refractivity contribution is -0.123. The summed E-state index contributed by atoms with van der Waals surface area (Å²) in [4.78, 5) is 35.2. The zero-order chi connectivity index (χ0) is 25.8.